The Balaban J connectivity index is 3.17. The smallest absolute Gasteiger partial charge is 0.306 e. The second-order valence-corrected chi connectivity index (χ2v) is 10.5. The third kappa shape index (κ3) is 7.86. The van der Waals surface area contributed by atoms with Crippen LogP contribution in [0, 0.1) is 11.8 Å². The van der Waals surface area contributed by atoms with Gasteiger partial charge in [-0.25, -0.2) is 17.9 Å². The molecule has 0 heterocycles. The van der Waals surface area contributed by atoms with Crippen molar-refractivity contribution in [1.29, 1.82) is 0 Å². The third-order valence-corrected chi connectivity index (χ3v) is 5.40. The summed E-state index contributed by atoms with van der Waals surface area (Å²) in [6.07, 6.45) is 0.862. The van der Waals surface area contributed by atoms with Gasteiger partial charge < -0.3 is 14.4 Å². The van der Waals surface area contributed by atoms with E-state index in [0.717, 1.165) is 6.26 Å². The molecule has 1 aromatic carbocycles. The summed E-state index contributed by atoms with van der Waals surface area (Å²) in [6.45, 7) is 8.07. The van der Waals surface area contributed by atoms with Crippen LogP contribution in [0.25, 0.3) is 0 Å². The number of para-hydroxylation sites is 1. The number of nitrogens with one attached hydrogen (secondary N) is 2. The van der Waals surface area contributed by atoms with Crippen molar-refractivity contribution in [2.45, 2.75) is 27.7 Å². The molecule has 0 saturated carbocycles. The highest BCUT2D eigenvalue weighted by molar-refractivity contribution is 7.89. The lowest BCUT2D eigenvalue weighted by atomic mass is 10.2. The van der Waals surface area contributed by atoms with Gasteiger partial charge in [-0.2, -0.15) is 0 Å². The van der Waals surface area contributed by atoms with Crippen LogP contribution >= 0.6 is 7.60 Å². The molecular formula is C16H27N2O6PS. The van der Waals surface area contributed by atoms with E-state index in [9.17, 15) is 17.8 Å². The van der Waals surface area contributed by atoms with Gasteiger partial charge >= 0.3 is 13.6 Å². The first kappa shape index (κ1) is 22.6. The number of amides is 2. The minimum Gasteiger partial charge on any atom is -0.306 e. The van der Waals surface area contributed by atoms with Gasteiger partial charge in [0.25, 0.3) is 0 Å². The van der Waals surface area contributed by atoms with E-state index in [1.54, 1.807) is 16.9 Å². The van der Waals surface area contributed by atoms with Crippen molar-refractivity contribution in [3.05, 3.63) is 24.3 Å². The van der Waals surface area contributed by atoms with Crippen LogP contribution in [-0.2, 0) is 23.6 Å². The van der Waals surface area contributed by atoms with Gasteiger partial charge in [0.15, 0.2) is 0 Å². The normalized spacial score (nSPS) is 12.4. The van der Waals surface area contributed by atoms with Crippen molar-refractivity contribution in [3.8, 4) is 0 Å². The van der Waals surface area contributed by atoms with Crippen molar-refractivity contribution in [2.75, 3.05) is 24.8 Å². The van der Waals surface area contributed by atoms with Crippen LogP contribution < -0.4 is 15.3 Å². The zero-order valence-corrected chi connectivity index (χ0v) is 17.4. The number of anilines is 1. The van der Waals surface area contributed by atoms with Gasteiger partial charge in [-0.3, -0.25) is 4.57 Å². The first-order chi connectivity index (χ1) is 11.9. The van der Waals surface area contributed by atoms with Crippen LogP contribution in [0.5, 0.6) is 0 Å². The molecule has 2 N–H and O–H groups in total. The predicted octanol–water partition coefficient (Wildman–Crippen LogP) is 2.93. The number of urea groups is 1. The summed E-state index contributed by atoms with van der Waals surface area (Å²) in [5, 5.41) is 2.56. The molecule has 148 valence electrons. The maximum absolute atomic E-state index is 13.4. The number of rotatable bonds is 9. The SMILES string of the molecule is CC(C)COP(=O)(OCC(C)C)c1ccccc1NC(=O)NS(C)(=O)=O. The zero-order chi connectivity index (χ0) is 20.0. The van der Waals surface area contributed by atoms with E-state index >= 15 is 0 Å². The first-order valence-corrected chi connectivity index (χ1v) is 11.6. The fourth-order valence-electron chi connectivity index (χ4n) is 1.81. The molecule has 0 spiro atoms. The molecule has 1 rings (SSSR count). The Hall–Kier alpha value is -1.41. The molecular weight excluding hydrogens is 379 g/mol. The lowest BCUT2D eigenvalue weighted by molar-refractivity contribution is 0.181. The second kappa shape index (κ2) is 9.50. The fourth-order valence-corrected chi connectivity index (χ4v) is 4.23. The first-order valence-electron chi connectivity index (χ1n) is 8.20. The van der Waals surface area contributed by atoms with Crippen molar-refractivity contribution in [3.63, 3.8) is 0 Å². The summed E-state index contributed by atoms with van der Waals surface area (Å²) in [5.41, 5.74) is 0.157. The van der Waals surface area contributed by atoms with Gasteiger partial charge in [0.2, 0.25) is 10.0 Å². The summed E-state index contributed by atoms with van der Waals surface area (Å²) in [5.74, 6) is 0.249. The van der Waals surface area contributed by atoms with E-state index in [0.29, 0.717) is 0 Å². The van der Waals surface area contributed by atoms with E-state index < -0.39 is 23.7 Å². The molecule has 26 heavy (non-hydrogen) atoms. The number of hydrogen-bond donors (Lipinski definition) is 2. The van der Waals surface area contributed by atoms with Crippen LogP contribution in [-0.4, -0.2) is 33.9 Å². The summed E-state index contributed by atoms with van der Waals surface area (Å²) in [7, 11) is -7.44. The van der Waals surface area contributed by atoms with Crippen LogP contribution in [0.4, 0.5) is 10.5 Å². The van der Waals surface area contributed by atoms with E-state index in [2.05, 4.69) is 5.32 Å². The molecule has 0 aliphatic rings. The Morgan fingerprint density at radius 3 is 2.04 bits per heavy atom. The summed E-state index contributed by atoms with van der Waals surface area (Å²) < 4.78 is 48.7. The third-order valence-electron chi connectivity index (χ3n) is 2.88. The maximum Gasteiger partial charge on any atom is 0.363 e. The molecule has 8 nitrogen and oxygen atoms in total. The monoisotopic (exact) mass is 406 g/mol. The Bertz CT molecular complexity index is 748. The average Bonchev–Trinajstić information content (AvgIpc) is 2.49. The van der Waals surface area contributed by atoms with Crippen molar-refractivity contribution < 1.29 is 26.8 Å². The highest BCUT2D eigenvalue weighted by Crippen LogP contribution is 2.49. The molecule has 0 radical (unpaired) electrons. The van der Waals surface area contributed by atoms with Crippen LogP contribution in [0.2, 0.25) is 0 Å². The standard InChI is InChI=1S/C16H27N2O6PS/c1-12(2)10-23-25(20,24-11-13(3)4)15-9-7-6-8-14(15)17-16(19)18-26(5,21)22/h6-9,12-13H,10-11H2,1-5H3,(H2,17,18,19). The molecule has 0 saturated heterocycles. The Morgan fingerprint density at radius 2 is 1.58 bits per heavy atom. The second-order valence-electron chi connectivity index (χ2n) is 6.72. The number of benzene rings is 1. The number of carbonyl (C=O) groups is 1. The number of carbonyl (C=O) groups excluding carboxylic acids is 1. The molecule has 0 unspecified atom stereocenters. The van der Waals surface area contributed by atoms with Crippen molar-refractivity contribution in [1.82, 2.24) is 4.72 Å². The Labute approximate surface area is 155 Å². The Kier molecular flexibility index (Phi) is 8.27. The number of sulfonamides is 1. The molecule has 0 aliphatic carbocycles. The van der Waals surface area contributed by atoms with Crippen LogP contribution in [0.1, 0.15) is 27.7 Å². The minimum atomic E-state index is -3.73. The van der Waals surface area contributed by atoms with Crippen LogP contribution in [0.15, 0.2) is 24.3 Å². The lowest BCUT2D eigenvalue weighted by Gasteiger charge is -2.23. The molecule has 0 aliphatic heterocycles. The van der Waals surface area contributed by atoms with Gasteiger partial charge in [-0.15, -0.1) is 0 Å². The topological polar surface area (TPSA) is 111 Å². The quantitative estimate of drug-likeness (QED) is 0.610. The van der Waals surface area contributed by atoms with E-state index in [-0.39, 0.29) is 36.0 Å². The summed E-state index contributed by atoms with van der Waals surface area (Å²) in [4.78, 5) is 11.9. The van der Waals surface area contributed by atoms with E-state index in [1.807, 2.05) is 27.7 Å². The van der Waals surface area contributed by atoms with E-state index in [1.165, 1.54) is 12.1 Å². The molecule has 0 aromatic heterocycles. The predicted molar refractivity (Wildman–Crippen MR) is 102 cm³/mol. The molecule has 10 heteroatoms. The van der Waals surface area contributed by atoms with Crippen LogP contribution in [0.3, 0.4) is 0 Å². The minimum absolute atomic E-state index is 0.125. The highest BCUT2D eigenvalue weighted by Gasteiger charge is 2.31. The van der Waals surface area contributed by atoms with Crippen molar-refractivity contribution >= 4 is 34.6 Å². The zero-order valence-electron chi connectivity index (χ0n) is 15.7. The highest BCUT2D eigenvalue weighted by atomic mass is 32.2. The summed E-state index contributed by atoms with van der Waals surface area (Å²) >= 11 is 0. The molecule has 2 amide bonds. The number of hydrogen-bond acceptors (Lipinski definition) is 6. The molecule has 1 aromatic rings. The Morgan fingerprint density at radius 1 is 1.08 bits per heavy atom. The average molecular weight is 406 g/mol. The molecule has 0 atom stereocenters. The van der Waals surface area contributed by atoms with Gasteiger partial charge in [0.1, 0.15) is 0 Å². The summed E-state index contributed by atoms with van der Waals surface area (Å²) in [6, 6.07) is 5.33. The van der Waals surface area contributed by atoms with Gasteiger partial charge in [0, 0.05) is 0 Å². The largest absolute Gasteiger partial charge is 0.363 e. The van der Waals surface area contributed by atoms with Gasteiger partial charge in [-0.05, 0) is 24.0 Å². The fraction of sp³-hybridized carbons (Fsp3) is 0.562. The lowest BCUT2D eigenvalue weighted by Crippen LogP contribution is -2.34. The van der Waals surface area contributed by atoms with E-state index in [4.69, 9.17) is 9.05 Å². The van der Waals surface area contributed by atoms with Gasteiger partial charge in [-0.1, -0.05) is 39.8 Å². The maximum atomic E-state index is 13.4. The molecule has 0 fully saturated rings. The van der Waals surface area contributed by atoms with Crippen molar-refractivity contribution in [2.24, 2.45) is 11.8 Å². The van der Waals surface area contributed by atoms with Gasteiger partial charge in [0.05, 0.1) is 30.5 Å². The molecule has 0 bridgehead atoms.